The third-order valence-corrected chi connectivity index (χ3v) is 5.23. The molecule has 0 N–H and O–H groups in total. The summed E-state index contributed by atoms with van der Waals surface area (Å²) in [5.41, 5.74) is 5.42. The molecule has 0 unspecified atom stereocenters. The van der Waals surface area contributed by atoms with E-state index in [1.165, 1.54) is 0 Å². The molecule has 0 aliphatic rings. The first-order valence-corrected chi connectivity index (χ1v) is 10.3. The fourth-order valence-electron chi connectivity index (χ4n) is 3.31. The van der Waals surface area contributed by atoms with Crippen molar-refractivity contribution in [2.75, 3.05) is 6.61 Å². The van der Waals surface area contributed by atoms with Gasteiger partial charge in [-0.05, 0) is 50.1 Å². The third kappa shape index (κ3) is 4.49. The molecule has 1 aromatic heterocycles. The highest BCUT2D eigenvalue weighted by molar-refractivity contribution is 5.98. The molecule has 4 aromatic rings. The summed E-state index contributed by atoms with van der Waals surface area (Å²) in [5, 5.41) is 4.43. The van der Waals surface area contributed by atoms with E-state index in [2.05, 4.69) is 10.1 Å². The molecule has 4 rings (SSSR count). The van der Waals surface area contributed by atoms with Crippen LogP contribution in [0.4, 0.5) is 0 Å². The lowest BCUT2D eigenvalue weighted by atomic mass is 10.1. The Morgan fingerprint density at radius 3 is 2.38 bits per heavy atom. The quantitative estimate of drug-likeness (QED) is 0.324. The summed E-state index contributed by atoms with van der Waals surface area (Å²) >= 11 is 0. The number of aryl methyl sites for hydroxylation is 3. The first kappa shape index (κ1) is 21.2. The van der Waals surface area contributed by atoms with Crippen molar-refractivity contribution in [3.05, 3.63) is 101 Å². The van der Waals surface area contributed by atoms with E-state index in [4.69, 9.17) is 4.74 Å². The smallest absolute Gasteiger partial charge is 0.378 e. The lowest BCUT2D eigenvalue weighted by Gasteiger charge is -2.08. The van der Waals surface area contributed by atoms with E-state index < -0.39 is 5.97 Å². The van der Waals surface area contributed by atoms with Crippen LogP contribution in [0.15, 0.2) is 72.8 Å². The van der Waals surface area contributed by atoms with Gasteiger partial charge in [0.2, 0.25) is 0 Å². The van der Waals surface area contributed by atoms with Gasteiger partial charge in [-0.15, -0.1) is 5.10 Å². The number of carbonyl (C=O) groups is 2. The number of benzene rings is 3. The molecule has 0 aliphatic heterocycles. The van der Waals surface area contributed by atoms with Crippen LogP contribution in [0, 0.1) is 20.8 Å². The zero-order valence-corrected chi connectivity index (χ0v) is 18.2. The van der Waals surface area contributed by atoms with Crippen LogP contribution in [0.5, 0.6) is 0 Å². The number of carbonyl (C=O) groups excluding carboxylic acids is 2. The average Bonchev–Trinajstić information content (AvgIpc) is 3.25. The minimum absolute atomic E-state index is 0.0967. The summed E-state index contributed by atoms with van der Waals surface area (Å²) in [6.07, 6.45) is 0. The highest BCUT2D eigenvalue weighted by Gasteiger charge is 2.21. The fourth-order valence-corrected chi connectivity index (χ4v) is 3.31. The van der Waals surface area contributed by atoms with E-state index in [9.17, 15) is 9.59 Å². The van der Waals surface area contributed by atoms with Crippen LogP contribution in [0.2, 0.25) is 0 Å². The second-order valence-corrected chi connectivity index (χ2v) is 7.67. The van der Waals surface area contributed by atoms with Gasteiger partial charge in [-0.2, -0.15) is 0 Å². The molecule has 0 saturated heterocycles. The predicted octanol–water partition coefficient (Wildman–Crippen LogP) is 4.90. The van der Waals surface area contributed by atoms with Crippen molar-refractivity contribution in [1.29, 1.82) is 0 Å². The number of nitrogens with zero attached hydrogens (tertiary/aromatic N) is 3. The topological polar surface area (TPSA) is 74.1 Å². The van der Waals surface area contributed by atoms with Crippen LogP contribution >= 0.6 is 0 Å². The number of hydrogen-bond acceptors (Lipinski definition) is 5. The van der Waals surface area contributed by atoms with Crippen LogP contribution in [0.1, 0.15) is 37.7 Å². The summed E-state index contributed by atoms with van der Waals surface area (Å²) in [5.74, 6) is -0.601. The molecule has 0 amide bonds. The summed E-state index contributed by atoms with van der Waals surface area (Å²) in [7, 11) is 0. The van der Waals surface area contributed by atoms with Crippen LogP contribution in [0.25, 0.3) is 17.1 Å². The van der Waals surface area contributed by atoms with Crippen LogP contribution in [-0.2, 0) is 4.74 Å². The van der Waals surface area contributed by atoms with Gasteiger partial charge >= 0.3 is 5.97 Å². The summed E-state index contributed by atoms with van der Waals surface area (Å²) in [6, 6.07) is 22.5. The molecule has 32 heavy (non-hydrogen) atoms. The number of ketones is 1. The van der Waals surface area contributed by atoms with Crippen molar-refractivity contribution < 1.29 is 14.3 Å². The minimum Gasteiger partial charge on any atom is -0.451 e. The Morgan fingerprint density at radius 2 is 1.66 bits per heavy atom. The van der Waals surface area contributed by atoms with Crippen molar-refractivity contribution >= 4 is 11.8 Å². The van der Waals surface area contributed by atoms with Gasteiger partial charge in [-0.1, -0.05) is 60.2 Å². The van der Waals surface area contributed by atoms with Crippen LogP contribution < -0.4 is 0 Å². The van der Waals surface area contributed by atoms with E-state index in [-0.39, 0.29) is 18.2 Å². The minimum atomic E-state index is -0.745. The van der Waals surface area contributed by atoms with Gasteiger partial charge in [0.25, 0.3) is 5.82 Å². The van der Waals surface area contributed by atoms with Crippen molar-refractivity contribution in [3.8, 4) is 17.1 Å². The largest absolute Gasteiger partial charge is 0.451 e. The van der Waals surface area contributed by atoms with E-state index >= 15 is 0 Å². The Kier molecular flexibility index (Phi) is 5.94. The van der Waals surface area contributed by atoms with Gasteiger partial charge < -0.3 is 4.74 Å². The Hall–Kier alpha value is -4.06. The zero-order valence-electron chi connectivity index (χ0n) is 18.2. The van der Waals surface area contributed by atoms with Gasteiger partial charge in [0, 0.05) is 11.1 Å². The number of Topliss-reactive ketones (excluding diaryl/α,β-unsaturated/α-hetero) is 1. The van der Waals surface area contributed by atoms with Gasteiger partial charge in [0.15, 0.2) is 18.2 Å². The van der Waals surface area contributed by atoms with E-state index in [0.717, 1.165) is 27.9 Å². The Labute approximate surface area is 186 Å². The molecule has 0 bridgehead atoms. The lowest BCUT2D eigenvalue weighted by Crippen LogP contribution is -2.15. The molecule has 0 radical (unpaired) electrons. The monoisotopic (exact) mass is 425 g/mol. The maximum Gasteiger partial charge on any atom is 0.378 e. The highest BCUT2D eigenvalue weighted by Crippen LogP contribution is 2.24. The van der Waals surface area contributed by atoms with Crippen LogP contribution in [0.3, 0.4) is 0 Å². The number of ether oxygens (including phenoxy) is 1. The normalized spacial score (nSPS) is 10.7. The molecule has 6 nitrogen and oxygen atoms in total. The zero-order chi connectivity index (χ0) is 22.7. The predicted molar refractivity (Wildman–Crippen MR) is 122 cm³/mol. The lowest BCUT2D eigenvalue weighted by molar-refractivity contribution is 0.0462. The van der Waals surface area contributed by atoms with Gasteiger partial charge in [-0.25, -0.2) is 14.5 Å². The molecule has 0 saturated carbocycles. The molecule has 0 aliphatic carbocycles. The first-order chi connectivity index (χ1) is 15.4. The standard InChI is InChI=1S/C26H23N3O3/c1-17-8-7-11-21(14-17)25-27-24(28-29(25)22-13-12-18(2)19(3)15-22)26(31)32-16-23(30)20-9-5-4-6-10-20/h4-15H,16H2,1-3H3. The van der Waals surface area contributed by atoms with Crippen molar-refractivity contribution in [2.45, 2.75) is 20.8 Å². The Bertz CT molecular complexity index is 1290. The van der Waals surface area contributed by atoms with Gasteiger partial charge in [0.05, 0.1) is 5.69 Å². The first-order valence-electron chi connectivity index (χ1n) is 10.3. The summed E-state index contributed by atoms with van der Waals surface area (Å²) < 4.78 is 6.86. The number of esters is 1. The van der Waals surface area contributed by atoms with Crippen molar-refractivity contribution in [1.82, 2.24) is 14.8 Å². The average molecular weight is 425 g/mol. The highest BCUT2D eigenvalue weighted by atomic mass is 16.5. The maximum atomic E-state index is 12.7. The molecule has 6 heteroatoms. The second-order valence-electron chi connectivity index (χ2n) is 7.67. The molecule has 1 heterocycles. The molecule has 160 valence electrons. The van der Waals surface area contributed by atoms with E-state index in [1.807, 2.05) is 69.3 Å². The van der Waals surface area contributed by atoms with Gasteiger partial charge in [-0.3, -0.25) is 4.79 Å². The molecule has 3 aromatic carbocycles. The molecule has 0 fully saturated rings. The SMILES string of the molecule is Cc1cccc(-c2nc(C(=O)OCC(=O)c3ccccc3)nn2-c2ccc(C)c(C)c2)c1. The molecule has 0 spiro atoms. The Balaban J connectivity index is 1.66. The molecular weight excluding hydrogens is 402 g/mol. The third-order valence-electron chi connectivity index (χ3n) is 5.23. The fraction of sp³-hybridized carbons (Fsp3) is 0.154. The van der Waals surface area contributed by atoms with Gasteiger partial charge in [0.1, 0.15) is 0 Å². The Morgan fingerprint density at radius 1 is 0.875 bits per heavy atom. The molecular formula is C26H23N3O3. The number of hydrogen-bond donors (Lipinski definition) is 0. The van der Waals surface area contributed by atoms with E-state index in [1.54, 1.807) is 28.9 Å². The summed E-state index contributed by atoms with van der Waals surface area (Å²) in [4.78, 5) is 29.4. The molecule has 0 atom stereocenters. The van der Waals surface area contributed by atoms with Crippen molar-refractivity contribution in [3.63, 3.8) is 0 Å². The van der Waals surface area contributed by atoms with Crippen LogP contribution in [-0.4, -0.2) is 33.1 Å². The van der Waals surface area contributed by atoms with E-state index in [0.29, 0.717) is 11.4 Å². The number of rotatable bonds is 6. The number of aromatic nitrogens is 3. The van der Waals surface area contributed by atoms with Crippen molar-refractivity contribution in [2.24, 2.45) is 0 Å². The maximum absolute atomic E-state index is 12.7. The summed E-state index contributed by atoms with van der Waals surface area (Å²) in [6.45, 7) is 5.67. The second kappa shape index (κ2) is 8.98.